The van der Waals surface area contributed by atoms with Crippen molar-refractivity contribution < 1.29 is 14.6 Å². The number of halogens is 3. The number of hydrogen-bond acceptors (Lipinski definition) is 3. The van der Waals surface area contributed by atoms with Crippen molar-refractivity contribution >= 4 is 34.8 Å². The second-order valence-corrected chi connectivity index (χ2v) is 6.09. The molecule has 0 aliphatic heterocycles. The molecule has 0 spiro atoms. The van der Waals surface area contributed by atoms with Crippen molar-refractivity contribution in [2.24, 2.45) is 0 Å². The SMILES string of the molecule is Oc1cc(Cl)c(Oc2ccccc2)cc1Oc1ccc(Cl)cc1Cl. The van der Waals surface area contributed by atoms with Gasteiger partial charge >= 0.3 is 0 Å². The van der Waals surface area contributed by atoms with E-state index in [0.717, 1.165) is 0 Å². The summed E-state index contributed by atoms with van der Waals surface area (Å²) in [5.41, 5.74) is 0. The molecule has 0 unspecified atom stereocenters. The summed E-state index contributed by atoms with van der Waals surface area (Å²) in [5.74, 6) is 1.34. The van der Waals surface area contributed by atoms with Crippen molar-refractivity contribution in [3.8, 4) is 28.7 Å². The third-order valence-electron chi connectivity index (χ3n) is 3.10. The van der Waals surface area contributed by atoms with Crippen LogP contribution in [0.3, 0.4) is 0 Å². The summed E-state index contributed by atoms with van der Waals surface area (Å²) in [5, 5.41) is 11.1. The molecule has 24 heavy (non-hydrogen) atoms. The van der Waals surface area contributed by atoms with E-state index in [1.165, 1.54) is 12.1 Å². The summed E-state index contributed by atoms with van der Waals surface area (Å²) in [6, 6.07) is 16.8. The van der Waals surface area contributed by atoms with E-state index >= 15 is 0 Å². The van der Waals surface area contributed by atoms with Gasteiger partial charge in [0.1, 0.15) is 17.2 Å². The average molecular weight is 382 g/mol. The highest BCUT2D eigenvalue weighted by Crippen LogP contribution is 2.42. The standard InChI is InChI=1S/C18H11Cl3O3/c19-11-6-7-16(13(20)8-11)24-18-10-17(14(21)9-15(18)22)23-12-4-2-1-3-5-12/h1-10,22H. The predicted molar refractivity (Wildman–Crippen MR) is 96.2 cm³/mol. The maximum absolute atomic E-state index is 10.1. The number of phenolic OH excluding ortho intramolecular Hbond substituents is 1. The average Bonchev–Trinajstić information content (AvgIpc) is 2.55. The molecule has 0 fully saturated rings. The predicted octanol–water partition coefficient (Wildman–Crippen LogP) is 6.94. The van der Waals surface area contributed by atoms with Gasteiger partial charge in [-0.1, -0.05) is 53.0 Å². The first-order valence-electron chi connectivity index (χ1n) is 6.91. The maximum Gasteiger partial charge on any atom is 0.172 e. The number of phenols is 1. The molecule has 0 aromatic heterocycles. The van der Waals surface area contributed by atoms with Gasteiger partial charge in [-0.05, 0) is 30.3 Å². The maximum atomic E-state index is 10.1. The van der Waals surface area contributed by atoms with Crippen molar-refractivity contribution in [1.82, 2.24) is 0 Å². The Morgan fingerprint density at radius 1 is 0.667 bits per heavy atom. The molecule has 3 aromatic rings. The molecule has 3 rings (SSSR count). The van der Waals surface area contributed by atoms with Gasteiger partial charge < -0.3 is 14.6 Å². The van der Waals surface area contributed by atoms with Crippen LogP contribution in [0.5, 0.6) is 28.7 Å². The van der Waals surface area contributed by atoms with Crippen LogP contribution in [0.4, 0.5) is 0 Å². The van der Waals surface area contributed by atoms with E-state index in [9.17, 15) is 5.11 Å². The Morgan fingerprint density at radius 2 is 1.38 bits per heavy atom. The van der Waals surface area contributed by atoms with Gasteiger partial charge in [0, 0.05) is 17.2 Å². The van der Waals surface area contributed by atoms with Crippen LogP contribution >= 0.6 is 34.8 Å². The molecule has 0 saturated heterocycles. The van der Waals surface area contributed by atoms with Gasteiger partial charge in [-0.25, -0.2) is 0 Å². The van der Waals surface area contributed by atoms with E-state index in [0.29, 0.717) is 27.3 Å². The zero-order chi connectivity index (χ0) is 17.1. The lowest BCUT2D eigenvalue weighted by Gasteiger charge is -2.13. The third-order valence-corrected chi connectivity index (χ3v) is 3.92. The highest BCUT2D eigenvalue weighted by molar-refractivity contribution is 6.35. The minimum atomic E-state index is -0.133. The van der Waals surface area contributed by atoms with Gasteiger partial charge in [0.05, 0.1) is 10.0 Å². The molecule has 3 aromatic carbocycles. The quantitative estimate of drug-likeness (QED) is 0.532. The van der Waals surface area contributed by atoms with Gasteiger partial charge in [0.15, 0.2) is 11.5 Å². The summed E-state index contributed by atoms with van der Waals surface area (Å²) in [4.78, 5) is 0. The number of ether oxygens (including phenoxy) is 2. The van der Waals surface area contributed by atoms with E-state index in [2.05, 4.69) is 0 Å². The zero-order valence-electron chi connectivity index (χ0n) is 12.2. The third kappa shape index (κ3) is 3.88. The van der Waals surface area contributed by atoms with Gasteiger partial charge in [-0.2, -0.15) is 0 Å². The lowest BCUT2D eigenvalue weighted by Crippen LogP contribution is -1.90. The summed E-state index contributed by atoms with van der Waals surface area (Å²) in [7, 11) is 0. The van der Waals surface area contributed by atoms with E-state index < -0.39 is 0 Å². The largest absolute Gasteiger partial charge is 0.504 e. The Hall–Kier alpha value is -2.07. The van der Waals surface area contributed by atoms with Gasteiger partial charge in [0.2, 0.25) is 0 Å². The Morgan fingerprint density at radius 3 is 2.08 bits per heavy atom. The summed E-state index contributed by atoms with van der Waals surface area (Å²) in [6.07, 6.45) is 0. The highest BCUT2D eigenvalue weighted by Gasteiger charge is 2.13. The molecule has 0 saturated carbocycles. The summed E-state index contributed by atoms with van der Waals surface area (Å²) in [6.45, 7) is 0. The van der Waals surface area contributed by atoms with Crippen LogP contribution < -0.4 is 9.47 Å². The van der Waals surface area contributed by atoms with Gasteiger partial charge in [0.25, 0.3) is 0 Å². The molecule has 0 aliphatic rings. The molecule has 0 atom stereocenters. The smallest absolute Gasteiger partial charge is 0.172 e. The monoisotopic (exact) mass is 380 g/mol. The fourth-order valence-corrected chi connectivity index (χ4v) is 2.62. The minimum Gasteiger partial charge on any atom is -0.504 e. The lowest BCUT2D eigenvalue weighted by atomic mass is 10.3. The molecule has 0 bridgehead atoms. The summed E-state index contributed by atoms with van der Waals surface area (Å²) >= 11 is 18.1. The van der Waals surface area contributed by atoms with Crippen LogP contribution in [0, 0.1) is 0 Å². The van der Waals surface area contributed by atoms with Crippen molar-refractivity contribution in [1.29, 1.82) is 0 Å². The van der Waals surface area contributed by atoms with Crippen LogP contribution in [0.1, 0.15) is 0 Å². The number of rotatable bonds is 4. The van der Waals surface area contributed by atoms with Crippen LogP contribution in [-0.2, 0) is 0 Å². The molecule has 0 amide bonds. The number of para-hydroxylation sites is 1. The van der Waals surface area contributed by atoms with Crippen molar-refractivity contribution in [3.05, 3.63) is 75.7 Å². The van der Waals surface area contributed by atoms with E-state index in [1.54, 1.807) is 30.3 Å². The summed E-state index contributed by atoms with van der Waals surface area (Å²) < 4.78 is 11.4. The van der Waals surface area contributed by atoms with Crippen molar-refractivity contribution in [2.75, 3.05) is 0 Å². The second kappa shape index (κ2) is 7.22. The Bertz CT molecular complexity index is 867. The molecular weight excluding hydrogens is 371 g/mol. The van der Waals surface area contributed by atoms with Crippen LogP contribution in [0.25, 0.3) is 0 Å². The topological polar surface area (TPSA) is 38.7 Å². The number of aromatic hydroxyl groups is 1. The first-order valence-corrected chi connectivity index (χ1v) is 8.04. The highest BCUT2D eigenvalue weighted by atomic mass is 35.5. The van der Waals surface area contributed by atoms with Gasteiger partial charge in [-0.3, -0.25) is 0 Å². The molecule has 0 radical (unpaired) electrons. The lowest BCUT2D eigenvalue weighted by molar-refractivity contribution is 0.405. The minimum absolute atomic E-state index is 0.133. The molecule has 3 nitrogen and oxygen atoms in total. The molecule has 1 N–H and O–H groups in total. The fourth-order valence-electron chi connectivity index (χ4n) is 1.98. The van der Waals surface area contributed by atoms with E-state index in [-0.39, 0.29) is 16.5 Å². The Labute approximate surface area is 153 Å². The second-order valence-electron chi connectivity index (χ2n) is 4.84. The van der Waals surface area contributed by atoms with Crippen LogP contribution in [0.2, 0.25) is 15.1 Å². The fraction of sp³-hybridized carbons (Fsp3) is 0. The zero-order valence-corrected chi connectivity index (χ0v) is 14.4. The van der Waals surface area contributed by atoms with Gasteiger partial charge in [-0.15, -0.1) is 0 Å². The first-order chi connectivity index (χ1) is 11.5. The molecule has 122 valence electrons. The van der Waals surface area contributed by atoms with E-state index in [1.807, 2.05) is 18.2 Å². The molecule has 0 aliphatic carbocycles. The van der Waals surface area contributed by atoms with Crippen molar-refractivity contribution in [2.45, 2.75) is 0 Å². The number of hydrogen-bond donors (Lipinski definition) is 1. The van der Waals surface area contributed by atoms with Crippen LogP contribution in [0.15, 0.2) is 60.7 Å². The molecule has 6 heteroatoms. The van der Waals surface area contributed by atoms with Crippen LogP contribution in [-0.4, -0.2) is 5.11 Å². The molecular formula is C18H11Cl3O3. The van der Waals surface area contributed by atoms with Crippen molar-refractivity contribution in [3.63, 3.8) is 0 Å². The Balaban J connectivity index is 1.92. The number of benzene rings is 3. The Kier molecular flexibility index (Phi) is 5.05. The normalized spacial score (nSPS) is 10.5. The first kappa shape index (κ1) is 16.8. The molecule has 0 heterocycles. The van der Waals surface area contributed by atoms with E-state index in [4.69, 9.17) is 44.3 Å².